The summed E-state index contributed by atoms with van der Waals surface area (Å²) in [4.78, 5) is 0. The Kier molecular flexibility index (Phi) is 7.41. The molecule has 0 aliphatic rings. The van der Waals surface area contributed by atoms with Crippen LogP contribution in [0.2, 0.25) is 0 Å². The van der Waals surface area contributed by atoms with E-state index in [1.54, 1.807) is 7.11 Å². The molecule has 18 heavy (non-hydrogen) atoms. The molecule has 0 bridgehead atoms. The van der Waals surface area contributed by atoms with Gasteiger partial charge >= 0.3 is 0 Å². The highest BCUT2D eigenvalue weighted by atomic mass is 16.5. The summed E-state index contributed by atoms with van der Waals surface area (Å²) in [7, 11) is 3.61. The van der Waals surface area contributed by atoms with Crippen molar-refractivity contribution in [2.24, 2.45) is 0 Å². The van der Waals surface area contributed by atoms with Crippen LogP contribution in [0.15, 0.2) is 24.3 Å². The van der Waals surface area contributed by atoms with Crippen molar-refractivity contribution in [1.29, 1.82) is 0 Å². The highest BCUT2D eigenvalue weighted by molar-refractivity contribution is 5.30. The van der Waals surface area contributed by atoms with Crippen molar-refractivity contribution < 1.29 is 14.2 Å². The number of methoxy groups -OCH3 is 1. The number of rotatable bonds is 9. The van der Waals surface area contributed by atoms with Gasteiger partial charge in [-0.2, -0.15) is 0 Å². The maximum atomic E-state index is 5.63. The highest BCUT2D eigenvalue weighted by Crippen LogP contribution is 2.18. The first kappa shape index (κ1) is 15.0. The Hall–Kier alpha value is -1.10. The Morgan fingerprint density at radius 2 is 1.94 bits per heavy atom. The molecule has 0 radical (unpaired) electrons. The molecule has 1 aromatic carbocycles. The maximum absolute atomic E-state index is 5.63. The lowest BCUT2D eigenvalue weighted by molar-refractivity contribution is 0.0544. The largest absolute Gasteiger partial charge is 0.491 e. The second-order valence-electron chi connectivity index (χ2n) is 4.04. The molecule has 1 unspecified atom stereocenters. The predicted octanol–water partition coefficient (Wildman–Crippen LogP) is 2.01. The summed E-state index contributed by atoms with van der Waals surface area (Å²) in [6.45, 7) is 4.48. The molecule has 4 nitrogen and oxygen atoms in total. The van der Waals surface area contributed by atoms with E-state index >= 15 is 0 Å². The van der Waals surface area contributed by atoms with E-state index in [9.17, 15) is 0 Å². The molecule has 102 valence electrons. The summed E-state index contributed by atoms with van der Waals surface area (Å²) < 4.78 is 15.8. The van der Waals surface area contributed by atoms with Gasteiger partial charge in [-0.3, -0.25) is 0 Å². The van der Waals surface area contributed by atoms with Gasteiger partial charge in [0.2, 0.25) is 0 Å². The average molecular weight is 253 g/mol. The first-order valence-corrected chi connectivity index (χ1v) is 6.24. The number of nitrogens with one attached hydrogen (secondary N) is 1. The van der Waals surface area contributed by atoms with E-state index in [4.69, 9.17) is 14.2 Å². The molecule has 1 atom stereocenters. The molecule has 1 rings (SSSR count). The highest BCUT2D eigenvalue weighted by Gasteiger charge is 2.03. The van der Waals surface area contributed by atoms with Crippen molar-refractivity contribution in [2.45, 2.75) is 13.0 Å². The molecule has 0 amide bonds. The van der Waals surface area contributed by atoms with E-state index in [0.717, 1.165) is 5.75 Å². The minimum absolute atomic E-state index is 0.325. The number of ether oxygens (including phenoxy) is 3. The fourth-order valence-electron chi connectivity index (χ4n) is 1.50. The molecular weight excluding hydrogens is 230 g/mol. The molecule has 1 N–H and O–H groups in total. The first-order valence-electron chi connectivity index (χ1n) is 6.24. The van der Waals surface area contributed by atoms with E-state index in [2.05, 4.69) is 24.4 Å². The fourth-order valence-corrected chi connectivity index (χ4v) is 1.50. The summed E-state index contributed by atoms with van der Waals surface area (Å²) in [5.74, 6) is 0.880. The van der Waals surface area contributed by atoms with Gasteiger partial charge in [-0.05, 0) is 31.7 Å². The van der Waals surface area contributed by atoms with Gasteiger partial charge in [0, 0.05) is 13.2 Å². The Balaban J connectivity index is 2.29. The van der Waals surface area contributed by atoms with Gasteiger partial charge in [0.15, 0.2) is 0 Å². The van der Waals surface area contributed by atoms with Gasteiger partial charge in [0.1, 0.15) is 12.4 Å². The fraction of sp³-hybridized carbons (Fsp3) is 0.571. The van der Waals surface area contributed by atoms with Crippen LogP contribution in [0, 0.1) is 0 Å². The quantitative estimate of drug-likeness (QED) is 0.683. The van der Waals surface area contributed by atoms with Crippen LogP contribution in [0.5, 0.6) is 5.75 Å². The van der Waals surface area contributed by atoms with Crippen LogP contribution < -0.4 is 10.1 Å². The number of benzene rings is 1. The average Bonchev–Trinajstić information content (AvgIpc) is 2.42. The van der Waals surface area contributed by atoms with Crippen molar-refractivity contribution in [1.82, 2.24) is 5.32 Å². The van der Waals surface area contributed by atoms with E-state index in [0.29, 0.717) is 32.5 Å². The minimum Gasteiger partial charge on any atom is -0.491 e. The van der Waals surface area contributed by atoms with Crippen molar-refractivity contribution >= 4 is 0 Å². The van der Waals surface area contributed by atoms with Gasteiger partial charge in [-0.1, -0.05) is 12.1 Å². The second-order valence-corrected chi connectivity index (χ2v) is 4.04. The lowest BCUT2D eigenvalue weighted by atomic mass is 10.1. The third-order valence-electron chi connectivity index (χ3n) is 2.72. The lowest BCUT2D eigenvalue weighted by Gasteiger charge is -2.12. The van der Waals surface area contributed by atoms with E-state index in [1.165, 1.54) is 5.56 Å². The molecule has 0 saturated heterocycles. The number of hydrogen-bond donors (Lipinski definition) is 1. The molecule has 4 heteroatoms. The summed E-state index contributed by atoms with van der Waals surface area (Å²) in [6.07, 6.45) is 0. The van der Waals surface area contributed by atoms with Crippen LogP contribution in [0.4, 0.5) is 0 Å². The molecule has 0 heterocycles. The standard InChI is InChI=1S/C14H23NO3/c1-12(15-2)13-5-4-6-14(11-13)18-10-9-17-8-7-16-3/h4-6,11-12,15H,7-10H2,1-3H3. The second kappa shape index (κ2) is 8.91. The Morgan fingerprint density at radius 1 is 1.17 bits per heavy atom. The predicted molar refractivity (Wildman–Crippen MR) is 72.1 cm³/mol. The van der Waals surface area contributed by atoms with Crippen LogP contribution in [-0.2, 0) is 9.47 Å². The maximum Gasteiger partial charge on any atom is 0.119 e. The number of hydrogen-bond acceptors (Lipinski definition) is 4. The van der Waals surface area contributed by atoms with E-state index in [-0.39, 0.29) is 0 Å². The molecule has 0 aliphatic carbocycles. The molecule has 0 aliphatic heterocycles. The smallest absolute Gasteiger partial charge is 0.119 e. The van der Waals surface area contributed by atoms with Crippen molar-refractivity contribution in [3.05, 3.63) is 29.8 Å². The van der Waals surface area contributed by atoms with Crippen molar-refractivity contribution in [3.63, 3.8) is 0 Å². The Bertz CT molecular complexity index is 331. The van der Waals surface area contributed by atoms with Crippen molar-refractivity contribution in [3.8, 4) is 5.75 Å². The van der Waals surface area contributed by atoms with Crippen LogP contribution in [0.3, 0.4) is 0 Å². The van der Waals surface area contributed by atoms with Gasteiger partial charge in [0.25, 0.3) is 0 Å². The molecule has 0 saturated carbocycles. The molecule has 0 fully saturated rings. The molecule has 1 aromatic rings. The zero-order chi connectivity index (χ0) is 13.2. The van der Waals surface area contributed by atoms with Crippen LogP contribution >= 0.6 is 0 Å². The van der Waals surface area contributed by atoms with Gasteiger partial charge in [-0.25, -0.2) is 0 Å². The summed E-state index contributed by atoms with van der Waals surface area (Å²) >= 11 is 0. The third-order valence-corrected chi connectivity index (χ3v) is 2.72. The summed E-state index contributed by atoms with van der Waals surface area (Å²) in [6, 6.07) is 8.43. The Labute approximate surface area is 109 Å². The topological polar surface area (TPSA) is 39.7 Å². The minimum atomic E-state index is 0.325. The first-order chi connectivity index (χ1) is 8.77. The van der Waals surface area contributed by atoms with Crippen LogP contribution in [0.1, 0.15) is 18.5 Å². The lowest BCUT2D eigenvalue weighted by Crippen LogP contribution is -2.13. The Morgan fingerprint density at radius 3 is 2.67 bits per heavy atom. The summed E-state index contributed by atoms with van der Waals surface area (Å²) in [5, 5.41) is 3.20. The zero-order valence-corrected chi connectivity index (χ0v) is 11.4. The van der Waals surface area contributed by atoms with Crippen LogP contribution in [0.25, 0.3) is 0 Å². The normalized spacial score (nSPS) is 12.4. The van der Waals surface area contributed by atoms with Gasteiger partial charge in [0.05, 0.1) is 19.8 Å². The van der Waals surface area contributed by atoms with Gasteiger partial charge < -0.3 is 19.5 Å². The van der Waals surface area contributed by atoms with E-state index in [1.807, 2.05) is 19.2 Å². The van der Waals surface area contributed by atoms with E-state index < -0.39 is 0 Å². The zero-order valence-electron chi connectivity index (χ0n) is 11.4. The summed E-state index contributed by atoms with van der Waals surface area (Å²) in [5.41, 5.74) is 1.22. The monoisotopic (exact) mass is 253 g/mol. The molecule has 0 spiro atoms. The molecular formula is C14H23NO3. The van der Waals surface area contributed by atoms with Gasteiger partial charge in [-0.15, -0.1) is 0 Å². The van der Waals surface area contributed by atoms with Crippen LogP contribution in [-0.4, -0.2) is 40.6 Å². The van der Waals surface area contributed by atoms with Crippen molar-refractivity contribution in [2.75, 3.05) is 40.6 Å². The third kappa shape index (κ3) is 5.49. The molecule has 0 aromatic heterocycles. The SMILES string of the molecule is CNC(C)c1cccc(OCCOCCOC)c1.